The maximum Gasteiger partial charge on any atom is 0.329 e. The fourth-order valence-electron chi connectivity index (χ4n) is 6.95. The number of benzene rings is 1. The highest BCUT2D eigenvalue weighted by Crippen LogP contribution is 2.29. The number of carbonyl (C=O) groups excluding carboxylic acids is 3. The third-order valence-corrected chi connectivity index (χ3v) is 9.79. The van der Waals surface area contributed by atoms with Crippen molar-refractivity contribution in [1.82, 2.24) is 39.1 Å². The minimum absolute atomic E-state index is 0.184. The molecule has 270 valence electrons. The van der Waals surface area contributed by atoms with Crippen LogP contribution in [0, 0.1) is 11.3 Å². The fourth-order valence-corrected chi connectivity index (χ4v) is 6.95. The summed E-state index contributed by atoms with van der Waals surface area (Å²) < 4.78 is 5.02. The van der Waals surface area contributed by atoms with E-state index < -0.39 is 17.9 Å². The zero-order valence-corrected chi connectivity index (χ0v) is 29.6. The molecule has 2 N–H and O–H groups in total. The molecule has 1 unspecified atom stereocenters. The van der Waals surface area contributed by atoms with Crippen molar-refractivity contribution in [3.63, 3.8) is 0 Å². The van der Waals surface area contributed by atoms with Crippen molar-refractivity contribution in [3.8, 4) is 6.07 Å². The second kappa shape index (κ2) is 16.6. The zero-order chi connectivity index (χ0) is 36.6. The van der Waals surface area contributed by atoms with Gasteiger partial charge >= 0.3 is 5.69 Å². The highest BCUT2D eigenvalue weighted by Gasteiger charge is 2.31. The lowest BCUT2D eigenvalue weighted by molar-refractivity contribution is -0.135. The van der Waals surface area contributed by atoms with E-state index >= 15 is 0 Å². The summed E-state index contributed by atoms with van der Waals surface area (Å²) in [5.74, 6) is -0.646. The van der Waals surface area contributed by atoms with E-state index in [4.69, 9.17) is 5.26 Å². The highest BCUT2D eigenvalue weighted by molar-refractivity contribution is 6.03. The van der Waals surface area contributed by atoms with Gasteiger partial charge in [0.15, 0.2) is 0 Å². The van der Waals surface area contributed by atoms with Gasteiger partial charge in [-0.3, -0.25) is 33.5 Å². The number of nitriles is 1. The van der Waals surface area contributed by atoms with Crippen molar-refractivity contribution in [1.29, 1.82) is 5.26 Å². The predicted octanol–water partition coefficient (Wildman–Crippen LogP) is 4.88. The summed E-state index contributed by atoms with van der Waals surface area (Å²) in [4.78, 5) is 58.4. The number of hydrogen-bond donors (Lipinski definition) is 2. The van der Waals surface area contributed by atoms with Gasteiger partial charge in [-0.2, -0.15) is 10.4 Å². The van der Waals surface area contributed by atoms with Crippen LogP contribution in [0.25, 0.3) is 21.9 Å². The van der Waals surface area contributed by atoms with Crippen LogP contribution in [0.4, 0.5) is 5.82 Å². The van der Waals surface area contributed by atoms with E-state index in [1.165, 1.54) is 60.7 Å². The molecule has 5 aromatic rings. The molecule has 1 atom stereocenters. The molecule has 0 bridgehead atoms. The van der Waals surface area contributed by atoms with Gasteiger partial charge in [0.25, 0.3) is 5.91 Å². The molecule has 2 saturated heterocycles. The monoisotopic (exact) mass is 704 g/mol. The molecule has 6 heterocycles. The van der Waals surface area contributed by atoms with E-state index in [2.05, 4.69) is 37.6 Å². The smallest absolute Gasteiger partial charge is 0.306 e. The molecule has 1 aliphatic carbocycles. The minimum Gasteiger partial charge on any atom is -0.306 e. The Labute approximate surface area is 301 Å². The first-order valence-corrected chi connectivity index (χ1v) is 17.9. The van der Waals surface area contributed by atoms with E-state index in [0.717, 1.165) is 29.3 Å². The van der Waals surface area contributed by atoms with Gasteiger partial charge < -0.3 is 10.2 Å². The van der Waals surface area contributed by atoms with Crippen molar-refractivity contribution in [2.24, 2.45) is 7.05 Å². The molecular formula is C38H44N10O4. The van der Waals surface area contributed by atoms with Gasteiger partial charge in [-0.25, -0.2) is 14.8 Å². The van der Waals surface area contributed by atoms with E-state index in [1.807, 2.05) is 41.2 Å². The number of amides is 3. The third kappa shape index (κ3) is 8.43. The van der Waals surface area contributed by atoms with Crippen LogP contribution in [0.2, 0.25) is 0 Å². The highest BCUT2D eigenvalue weighted by atomic mass is 16.2. The Morgan fingerprint density at radius 2 is 1.65 bits per heavy atom. The summed E-state index contributed by atoms with van der Waals surface area (Å²) in [7, 11) is 3.87. The third-order valence-electron chi connectivity index (χ3n) is 9.79. The number of carbonyl (C=O) groups is 3. The number of fused-ring (bicyclic) bond motifs is 2. The number of piperidine rings is 2. The summed E-state index contributed by atoms with van der Waals surface area (Å²) >= 11 is 0. The lowest BCUT2D eigenvalue weighted by Crippen LogP contribution is -2.44. The van der Waals surface area contributed by atoms with Crippen molar-refractivity contribution >= 4 is 45.5 Å². The summed E-state index contributed by atoms with van der Waals surface area (Å²) in [6, 6.07) is 15.6. The summed E-state index contributed by atoms with van der Waals surface area (Å²) in [6.45, 7) is 2.64. The number of anilines is 1. The second-order valence-electron chi connectivity index (χ2n) is 13.5. The molecule has 8 rings (SSSR count). The Morgan fingerprint density at radius 3 is 2.35 bits per heavy atom. The quantitative estimate of drug-likeness (QED) is 0.248. The number of aryl methyl sites for hydroxylation is 1. The molecule has 14 heteroatoms. The first kappa shape index (κ1) is 36.1. The number of hydrogen-bond acceptors (Lipinski definition) is 9. The molecule has 0 spiro atoms. The first-order valence-electron chi connectivity index (χ1n) is 17.9. The minimum atomic E-state index is -0.615. The summed E-state index contributed by atoms with van der Waals surface area (Å²) in [5.41, 5.74) is 2.45. The Bertz CT molecular complexity index is 2170. The molecular weight excluding hydrogens is 660 g/mol. The van der Waals surface area contributed by atoms with Crippen LogP contribution in [0.5, 0.6) is 0 Å². The number of aromatic nitrogens is 6. The number of rotatable bonds is 4. The lowest BCUT2D eigenvalue weighted by atomic mass is 9.96. The maximum atomic E-state index is 12.3. The average molecular weight is 705 g/mol. The van der Waals surface area contributed by atoms with E-state index in [9.17, 15) is 19.2 Å². The van der Waals surface area contributed by atoms with Crippen LogP contribution in [-0.2, 0) is 16.6 Å². The van der Waals surface area contributed by atoms with Crippen LogP contribution in [0.1, 0.15) is 92.5 Å². The van der Waals surface area contributed by atoms with Crippen molar-refractivity contribution in [2.45, 2.75) is 76.3 Å². The fraction of sp³-hybridized carbons (Fsp3) is 0.421. The van der Waals surface area contributed by atoms with E-state index in [0.29, 0.717) is 23.8 Å². The van der Waals surface area contributed by atoms with Crippen LogP contribution >= 0.6 is 0 Å². The Balaban J connectivity index is 0.000000155. The number of nitrogens with one attached hydrogen (secondary N) is 2. The summed E-state index contributed by atoms with van der Waals surface area (Å²) in [5, 5.41) is 19.5. The Morgan fingerprint density at radius 1 is 0.923 bits per heavy atom. The topological polar surface area (TPSA) is 173 Å². The van der Waals surface area contributed by atoms with Crippen LogP contribution < -0.4 is 16.3 Å². The number of likely N-dealkylation sites (tertiary alicyclic amines) is 1. The van der Waals surface area contributed by atoms with Crippen molar-refractivity contribution < 1.29 is 14.4 Å². The molecule has 4 aromatic heterocycles. The Kier molecular flexibility index (Phi) is 11.5. The van der Waals surface area contributed by atoms with Gasteiger partial charge in [-0.15, -0.1) is 0 Å². The number of nitrogens with zero attached hydrogens (tertiary/aromatic N) is 8. The molecule has 2 aliphatic heterocycles. The van der Waals surface area contributed by atoms with Crippen LogP contribution in [-0.4, -0.2) is 71.6 Å². The molecule has 1 aromatic carbocycles. The lowest BCUT2D eigenvalue weighted by Gasteiger charge is -2.21. The SMILES string of the molecule is CN1CCCCC1.Cn1c(=O)n(C2CCC(=O)NC2=O)c2ccccc21.N#Cc1cccc(C(=O)Nc2cc3cn(C4CCCCC4)nc3cn2)n1. The molecule has 3 aliphatic rings. The molecule has 1 saturated carbocycles. The van der Waals surface area contributed by atoms with E-state index in [1.54, 1.807) is 37.5 Å². The van der Waals surface area contributed by atoms with Gasteiger partial charge in [0.05, 0.1) is 23.3 Å². The number of imidazole rings is 1. The van der Waals surface area contributed by atoms with Crippen LogP contribution in [0.3, 0.4) is 0 Å². The van der Waals surface area contributed by atoms with Gasteiger partial charge in [0, 0.05) is 25.1 Å². The molecule has 14 nitrogen and oxygen atoms in total. The van der Waals surface area contributed by atoms with Gasteiger partial charge in [-0.05, 0) is 82.6 Å². The maximum absolute atomic E-state index is 12.3. The molecule has 3 amide bonds. The first-order chi connectivity index (χ1) is 25.2. The molecule has 0 radical (unpaired) electrons. The van der Waals surface area contributed by atoms with Gasteiger partial charge in [0.1, 0.15) is 34.8 Å². The second-order valence-corrected chi connectivity index (χ2v) is 13.5. The largest absolute Gasteiger partial charge is 0.329 e. The molecule has 3 fully saturated rings. The van der Waals surface area contributed by atoms with Crippen molar-refractivity contribution in [3.05, 3.63) is 82.8 Å². The standard InChI is InChI=1S/C19H18N6O.C13H13N3O3.C6H13N/c20-10-14-5-4-8-16(22-14)19(26)23-18-9-13-12-25(24-17(13)11-21-18)15-6-2-1-3-7-15;1-15-8-4-2-3-5-9(8)16(13(15)19)10-6-7-11(17)14-12(10)18;1-7-5-3-2-4-6-7/h4-5,8-9,11-12,15H,1-3,6-7H2,(H,23,26);2-5,10H,6-7H2,1H3,(H,14,17,18);2-6H2,1H3. The number of pyridine rings is 2. The van der Waals surface area contributed by atoms with E-state index in [-0.39, 0.29) is 29.4 Å². The van der Waals surface area contributed by atoms with Gasteiger partial charge in [0.2, 0.25) is 11.8 Å². The number of imide groups is 1. The van der Waals surface area contributed by atoms with Gasteiger partial charge in [-0.1, -0.05) is 43.9 Å². The number of para-hydroxylation sites is 2. The molecule has 52 heavy (non-hydrogen) atoms. The summed E-state index contributed by atoms with van der Waals surface area (Å²) in [6.07, 6.45) is 14.7. The average Bonchev–Trinajstić information content (AvgIpc) is 3.71. The predicted molar refractivity (Wildman–Crippen MR) is 197 cm³/mol. The Hall–Kier alpha value is -5.68. The van der Waals surface area contributed by atoms with Crippen molar-refractivity contribution in [2.75, 3.05) is 25.5 Å². The normalized spacial score (nSPS) is 18.1. The van der Waals surface area contributed by atoms with Crippen LogP contribution in [0.15, 0.2) is 65.7 Å². The zero-order valence-electron chi connectivity index (χ0n) is 29.6.